The van der Waals surface area contributed by atoms with E-state index < -0.39 is 17.8 Å². The van der Waals surface area contributed by atoms with Crippen LogP contribution in [0.2, 0.25) is 0 Å². The van der Waals surface area contributed by atoms with Crippen molar-refractivity contribution in [1.82, 2.24) is 14.5 Å². The fourth-order valence-corrected chi connectivity index (χ4v) is 3.82. The average Bonchev–Trinajstić information content (AvgIpc) is 2.78. The maximum absolute atomic E-state index is 13.4. The number of fused-ring (bicyclic) bond motifs is 1. The number of hydrogen-bond donors (Lipinski definition) is 3. The van der Waals surface area contributed by atoms with Crippen molar-refractivity contribution in [2.24, 2.45) is 5.73 Å². The number of benzene rings is 1. The number of nitrogens with two attached hydrogens (primary N) is 1. The van der Waals surface area contributed by atoms with Crippen LogP contribution in [-0.4, -0.2) is 36.9 Å². The predicted molar refractivity (Wildman–Crippen MR) is 119 cm³/mol. The summed E-state index contributed by atoms with van der Waals surface area (Å²) in [7, 11) is 0. The monoisotopic (exact) mass is 448 g/mol. The van der Waals surface area contributed by atoms with Crippen molar-refractivity contribution in [1.29, 1.82) is 0 Å². The molecule has 0 aliphatic heterocycles. The molecular formula is C24H21FN4O4. The van der Waals surface area contributed by atoms with Crippen molar-refractivity contribution >= 4 is 16.9 Å². The second-order valence-electron chi connectivity index (χ2n) is 7.66. The van der Waals surface area contributed by atoms with Gasteiger partial charge in [-0.25, -0.2) is 4.39 Å². The summed E-state index contributed by atoms with van der Waals surface area (Å²) >= 11 is 0. The zero-order valence-corrected chi connectivity index (χ0v) is 17.5. The molecular weight excluding hydrogens is 427 g/mol. The number of carbonyl (C=O) groups is 1. The number of aliphatic hydroxyl groups excluding tert-OH is 1. The first-order chi connectivity index (χ1) is 15.8. The number of hydrogen-bond acceptors (Lipinski definition) is 6. The van der Waals surface area contributed by atoms with Gasteiger partial charge in [0.05, 0.1) is 17.6 Å². The number of aliphatic hydroxyl groups is 2. The molecule has 0 aliphatic rings. The van der Waals surface area contributed by atoms with E-state index in [9.17, 15) is 24.2 Å². The van der Waals surface area contributed by atoms with Crippen molar-refractivity contribution < 1.29 is 19.4 Å². The molecule has 4 rings (SSSR count). The summed E-state index contributed by atoms with van der Waals surface area (Å²) in [5.41, 5.74) is 7.65. The topological polar surface area (TPSA) is 131 Å². The Kier molecular flexibility index (Phi) is 6.25. The fraction of sp³-hybridized carbons (Fsp3) is 0.167. The normalized spacial score (nSPS) is 11.3. The largest absolute Gasteiger partial charge is 0.368 e. The van der Waals surface area contributed by atoms with E-state index in [0.29, 0.717) is 11.9 Å². The number of aromatic nitrogens is 3. The van der Waals surface area contributed by atoms with Crippen LogP contribution in [0.5, 0.6) is 0 Å². The highest BCUT2D eigenvalue weighted by atomic mass is 19.1. The lowest BCUT2D eigenvalue weighted by atomic mass is 10.00. The second-order valence-corrected chi connectivity index (χ2v) is 7.66. The molecule has 0 bridgehead atoms. The van der Waals surface area contributed by atoms with Gasteiger partial charge in [-0.15, -0.1) is 0 Å². The van der Waals surface area contributed by atoms with Gasteiger partial charge in [-0.05, 0) is 53.4 Å². The lowest BCUT2D eigenvalue weighted by Crippen LogP contribution is -2.33. The second kappa shape index (κ2) is 9.27. The van der Waals surface area contributed by atoms with Gasteiger partial charge in [-0.3, -0.25) is 19.6 Å². The van der Waals surface area contributed by atoms with Gasteiger partial charge >= 0.3 is 0 Å². The molecule has 8 nitrogen and oxygen atoms in total. The summed E-state index contributed by atoms with van der Waals surface area (Å²) in [6.07, 6.45) is 3.00. The molecule has 1 aromatic carbocycles. The van der Waals surface area contributed by atoms with Crippen LogP contribution in [0.4, 0.5) is 4.39 Å². The van der Waals surface area contributed by atoms with Gasteiger partial charge in [0, 0.05) is 30.6 Å². The lowest BCUT2D eigenvalue weighted by molar-refractivity contribution is -0.0380. The van der Waals surface area contributed by atoms with Crippen molar-refractivity contribution in [3.05, 3.63) is 105 Å². The highest BCUT2D eigenvalue weighted by Gasteiger charge is 2.23. The van der Waals surface area contributed by atoms with Crippen LogP contribution < -0.4 is 11.3 Å². The summed E-state index contributed by atoms with van der Waals surface area (Å²) in [6, 6.07) is 11.3. The van der Waals surface area contributed by atoms with Gasteiger partial charge in [0.25, 0.3) is 11.5 Å². The zero-order chi connectivity index (χ0) is 23.5. The number of carbonyl (C=O) groups excluding carboxylic acids is 1. The standard InChI is InChI=1S/C24H21FN4O4/c25-17-3-1-14(2-4-17)9-16-10-19-22(28-12-16)18(11-20(30)31)21(23(26)32)24(33)29(19)13-15-5-7-27-8-6-15/h1-8,10,12,20,30-31H,9,11,13H2,(H2,26,32). The molecule has 4 N–H and O–H groups in total. The Hall–Kier alpha value is -3.95. The van der Waals surface area contributed by atoms with Crippen LogP contribution in [0.25, 0.3) is 11.0 Å². The summed E-state index contributed by atoms with van der Waals surface area (Å²) in [5, 5.41) is 19.1. The number of rotatable bonds is 7. The first kappa shape index (κ1) is 22.3. The van der Waals surface area contributed by atoms with Crippen molar-refractivity contribution in [3.63, 3.8) is 0 Å². The Bertz CT molecular complexity index is 1370. The Labute approximate surface area is 187 Å². The highest BCUT2D eigenvalue weighted by Crippen LogP contribution is 2.23. The fourth-order valence-electron chi connectivity index (χ4n) is 3.82. The minimum absolute atomic E-state index is 0.0804. The minimum Gasteiger partial charge on any atom is -0.368 e. The Morgan fingerprint density at radius 2 is 1.76 bits per heavy atom. The van der Waals surface area contributed by atoms with E-state index in [2.05, 4.69) is 9.97 Å². The molecule has 0 saturated carbocycles. The summed E-state index contributed by atoms with van der Waals surface area (Å²) in [4.78, 5) is 34.0. The lowest BCUT2D eigenvalue weighted by Gasteiger charge is -2.17. The van der Waals surface area contributed by atoms with E-state index in [-0.39, 0.29) is 35.4 Å². The molecule has 0 radical (unpaired) electrons. The number of halogens is 1. The quantitative estimate of drug-likeness (QED) is 0.368. The molecule has 33 heavy (non-hydrogen) atoms. The number of pyridine rings is 3. The van der Waals surface area contributed by atoms with Gasteiger partial charge in [-0.1, -0.05) is 12.1 Å². The maximum Gasteiger partial charge on any atom is 0.264 e. The van der Waals surface area contributed by atoms with Crippen LogP contribution in [0.3, 0.4) is 0 Å². The van der Waals surface area contributed by atoms with E-state index in [1.807, 2.05) is 0 Å². The van der Waals surface area contributed by atoms with Gasteiger partial charge in [-0.2, -0.15) is 0 Å². The molecule has 3 aromatic heterocycles. The Morgan fingerprint density at radius 3 is 2.39 bits per heavy atom. The Balaban J connectivity index is 1.94. The third-order valence-electron chi connectivity index (χ3n) is 5.31. The van der Waals surface area contributed by atoms with Crippen LogP contribution >= 0.6 is 0 Å². The summed E-state index contributed by atoms with van der Waals surface area (Å²) < 4.78 is 14.6. The first-order valence-electron chi connectivity index (χ1n) is 10.2. The Morgan fingerprint density at radius 1 is 1.06 bits per heavy atom. The number of primary amides is 1. The molecule has 168 valence electrons. The first-order valence-corrected chi connectivity index (χ1v) is 10.2. The van der Waals surface area contributed by atoms with Gasteiger partial charge in [0.2, 0.25) is 0 Å². The molecule has 9 heteroatoms. The minimum atomic E-state index is -1.80. The summed E-state index contributed by atoms with van der Waals surface area (Å²) in [5.74, 6) is -1.31. The van der Waals surface area contributed by atoms with Crippen LogP contribution in [0, 0.1) is 5.82 Å². The maximum atomic E-state index is 13.4. The van der Waals surface area contributed by atoms with Crippen molar-refractivity contribution in [2.75, 3.05) is 0 Å². The number of amides is 1. The molecule has 0 fully saturated rings. The molecule has 1 amide bonds. The molecule has 4 aromatic rings. The molecule has 0 unspecified atom stereocenters. The van der Waals surface area contributed by atoms with Crippen molar-refractivity contribution in [2.45, 2.75) is 25.7 Å². The average molecular weight is 448 g/mol. The van der Waals surface area contributed by atoms with Gasteiger partial charge < -0.3 is 20.5 Å². The van der Waals surface area contributed by atoms with Gasteiger partial charge in [0.15, 0.2) is 6.29 Å². The third kappa shape index (κ3) is 4.79. The van der Waals surface area contributed by atoms with Crippen LogP contribution in [0.15, 0.2) is 65.8 Å². The van der Waals surface area contributed by atoms with E-state index in [1.165, 1.54) is 16.7 Å². The number of nitrogens with zero attached hydrogens (tertiary/aromatic N) is 3. The van der Waals surface area contributed by atoms with E-state index >= 15 is 0 Å². The van der Waals surface area contributed by atoms with E-state index in [4.69, 9.17) is 5.73 Å². The van der Waals surface area contributed by atoms with E-state index in [1.54, 1.807) is 48.9 Å². The molecule has 3 heterocycles. The summed E-state index contributed by atoms with van der Waals surface area (Å²) in [6.45, 7) is 0.127. The highest BCUT2D eigenvalue weighted by molar-refractivity contribution is 5.98. The van der Waals surface area contributed by atoms with E-state index in [0.717, 1.165) is 16.7 Å². The zero-order valence-electron chi connectivity index (χ0n) is 17.5. The molecule has 0 saturated heterocycles. The predicted octanol–water partition coefficient (Wildman–Crippen LogP) is 1.52. The van der Waals surface area contributed by atoms with Crippen LogP contribution in [-0.2, 0) is 19.4 Å². The molecule has 0 atom stereocenters. The van der Waals surface area contributed by atoms with Gasteiger partial charge in [0.1, 0.15) is 11.4 Å². The SMILES string of the molecule is NC(=O)c1c(CC(O)O)c2ncc(Cc3ccc(F)cc3)cc2n(Cc2ccncc2)c1=O. The third-order valence-corrected chi connectivity index (χ3v) is 5.31. The molecule has 0 aliphatic carbocycles. The van der Waals surface area contributed by atoms with Crippen molar-refractivity contribution in [3.8, 4) is 0 Å². The molecule has 0 spiro atoms. The van der Waals surface area contributed by atoms with Crippen LogP contribution in [0.1, 0.15) is 32.6 Å². The smallest absolute Gasteiger partial charge is 0.264 e.